The number of aromatic nitrogens is 4. The topological polar surface area (TPSA) is 197 Å². The molecule has 202 valence electrons. The van der Waals surface area contributed by atoms with Gasteiger partial charge in [-0.15, -0.1) is 16.9 Å². The van der Waals surface area contributed by atoms with Crippen molar-refractivity contribution in [2.24, 2.45) is 0 Å². The van der Waals surface area contributed by atoms with E-state index in [1.807, 2.05) is 0 Å². The van der Waals surface area contributed by atoms with Gasteiger partial charge >= 0.3 is 5.97 Å². The van der Waals surface area contributed by atoms with E-state index in [9.17, 15) is 33.3 Å². The molecule has 0 saturated carbocycles. The highest BCUT2D eigenvalue weighted by Gasteiger charge is 2.59. The maximum Gasteiger partial charge on any atom is 0.352 e. The number of tetrazole rings is 1. The Bertz CT molecular complexity index is 1330. The predicted molar refractivity (Wildman–Crippen MR) is 138 cm³/mol. The van der Waals surface area contributed by atoms with Crippen LogP contribution in [0.3, 0.4) is 0 Å². The van der Waals surface area contributed by atoms with E-state index >= 15 is 0 Å². The summed E-state index contributed by atoms with van der Waals surface area (Å²) in [5.74, 6) is -3.40. The van der Waals surface area contributed by atoms with Crippen molar-refractivity contribution in [2.45, 2.75) is 29.4 Å². The van der Waals surface area contributed by atoms with Crippen molar-refractivity contribution < 1.29 is 33.3 Å². The summed E-state index contributed by atoms with van der Waals surface area (Å²) in [7, 11) is -1.67. The van der Waals surface area contributed by atoms with Gasteiger partial charge in [0.1, 0.15) is 47.1 Å². The number of nitrogens with zero attached hydrogens (tertiary/aromatic N) is 6. The first-order chi connectivity index (χ1) is 18.2. The number of fused-ring (bicyclic) bond motifs is 2. The Balaban J connectivity index is 1.31. The molecule has 3 unspecified atom stereocenters. The molecule has 2 saturated heterocycles. The smallest absolute Gasteiger partial charge is 0.352 e. The third-order valence-electron chi connectivity index (χ3n) is 6.35. The van der Waals surface area contributed by atoms with Gasteiger partial charge in [0.15, 0.2) is 0 Å². The molecule has 5 heterocycles. The van der Waals surface area contributed by atoms with Crippen LogP contribution in [0.2, 0.25) is 0 Å². The van der Waals surface area contributed by atoms with Crippen molar-refractivity contribution in [3.8, 4) is 0 Å². The van der Waals surface area contributed by atoms with Crippen LogP contribution in [0.1, 0.15) is 0 Å². The minimum atomic E-state index is -1.67. The first kappa shape index (κ1) is 26.7. The third kappa shape index (κ3) is 4.30. The van der Waals surface area contributed by atoms with E-state index in [4.69, 9.17) is 0 Å². The molecule has 1 aromatic rings. The quantitative estimate of drug-likeness (QED) is 0.150. The molecule has 4 amide bonds. The average Bonchev–Trinajstić information content (AvgIpc) is 3.41. The summed E-state index contributed by atoms with van der Waals surface area (Å²) in [6.07, 6.45) is 1.25. The number of amides is 4. The van der Waals surface area contributed by atoms with Crippen LogP contribution < -0.4 is 10.6 Å². The fourth-order valence-electron chi connectivity index (χ4n) is 4.62. The minimum Gasteiger partial charge on any atom is -0.477 e. The maximum atomic E-state index is 13.4. The van der Waals surface area contributed by atoms with Gasteiger partial charge in [-0.3, -0.25) is 33.2 Å². The molecule has 19 heteroatoms. The molecule has 4 aliphatic rings. The number of hydrogen-bond donors (Lipinski definition) is 5. The summed E-state index contributed by atoms with van der Waals surface area (Å²) < 4.78 is 14.0. The molecular weight excluding hydrogens is 581 g/mol. The molecule has 5 atom stereocenters. The number of rotatable bonds is 8. The highest BCUT2D eigenvalue weighted by molar-refractivity contribution is 8.00. The van der Waals surface area contributed by atoms with Crippen molar-refractivity contribution in [1.29, 1.82) is 0 Å². The van der Waals surface area contributed by atoms with E-state index in [2.05, 4.69) is 51.4 Å². The lowest BCUT2D eigenvalue weighted by Crippen LogP contribution is -2.75. The molecule has 0 spiro atoms. The molecule has 0 aliphatic carbocycles. The van der Waals surface area contributed by atoms with Crippen LogP contribution >= 0.6 is 37.0 Å². The maximum absolute atomic E-state index is 13.4. The zero-order valence-electron chi connectivity index (χ0n) is 19.2. The second-order valence-electron chi connectivity index (χ2n) is 8.56. The van der Waals surface area contributed by atoms with Crippen molar-refractivity contribution >= 4 is 77.4 Å². The van der Waals surface area contributed by atoms with Gasteiger partial charge < -0.3 is 15.7 Å². The number of aliphatic carboxylic acids is 1. The highest BCUT2D eigenvalue weighted by Crippen LogP contribution is 2.41. The van der Waals surface area contributed by atoms with Crippen LogP contribution in [-0.2, 0) is 41.3 Å². The third-order valence-corrected chi connectivity index (χ3v) is 10.1. The SMILES string of the molecule is O=C(Cn1cnnn1)NC1C(=O)N2C(C(=O)NC3C(=O)N4C(C(=O)O)=C(CS)CS(=O)[C@H]34)=C(CS)CS[C@H]12. The largest absolute Gasteiger partial charge is 0.477 e. The molecule has 38 heavy (non-hydrogen) atoms. The Labute approximate surface area is 232 Å². The Kier molecular flexibility index (Phi) is 7.27. The number of carbonyl (C=O) groups excluding carboxylic acids is 4. The summed E-state index contributed by atoms with van der Waals surface area (Å²) in [6, 6.07) is -2.12. The van der Waals surface area contributed by atoms with Crippen LogP contribution in [0.25, 0.3) is 0 Å². The molecule has 4 aliphatic heterocycles. The Hall–Kier alpha value is -2.90. The van der Waals surface area contributed by atoms with Crippen molar-refractivity contribution in [3.05, 3.63) is 28.9 Å². The van der Waals surface area contributed by atoms with Crippen molar-refractivity contribution in [3.63, 3.8) is 0 Å². The summed E-state index contributed by atoms with van der Waals surface area (Å²) in [6.45, 7) is -0.195. The van der Waals surface area contributed by atoms with Crippen LogP contribution in [0.4, 0.5) is 0 Å². The molecule has 5 rings (SSSR count). The molecule has 15 nitrogen and oxygen atoms in total. The van der Waals surface area contributed by atoms with E-state index in [1.54, 1.807) is 0 Å². The highest BCUT2D eigenvalue weighted by atomic mass is 32.2. The number of β-lactam (4-membered cyclic amide) rings is 2. The average molecular weight is 601 g/mol. The zero-order valence-corrected chi connectivity index (χ0v) is 22.6. The first-order valence-corrected chi connectivity index (χ1v) is 14.7. The predicted octanol–water partition coefficient (Wildman–Crippen LogP) is -3.06. The lowest BCUT2D eigenvalue weighted by molar-refractivity contribution is -0.152. The number of hydrogen-bond acceptors (Lipinski definition) is 12. The van der Waals surface area contributed by atoms with Gasteiger partial charge in [0, 0.05) is 17.3 Å². The summed E-state index contributed by atoms with van der Waals surface area (Å²) >= 11 is 9.70. The molecule has 3 N–H and O–H groups in total. The Morgan fingerprint density at radius 2 is 1.79 bits per heavy atom. The van der Waals surface area contributed by atoms with Crippen LogP contribution in [-0.4, -0.2) is 115 Å². The number of carboxylic acid groups (broad SMARTS) is 1. The standard InChI is InChI=1S/C19H20N8O7S4/c28-9(1-25-6-20-23-24-25)21-10-15(30)26-12(7(2-35)4-37-17(10)26)14(29)22-11-16(31)27-13(19(32)33)8(3-36)5-38(34)18(11)27/h6,10-11,17-18,35-36H,1-5H2,(H,21,28)(H,22,29)(H,32,33)/t10?,11?,17-,18-,38?/m1/s1. The molecular formula is C19H20N8O7S4. The lowest BCUT2D eigenvalue weighted by atomic mass is 10.0. The van der Waals surface area contributed by atoms with E-state index in [-0.39, 0.29) is 40.8 Å². The lowest BCUT2D eigenvalue weighted by Gasteiger charge is -2.51. The van der Waals surface area contributed by atoms with Gasteiger partial charge in [-0.05, 0) is 21.6 Å². The Morgan fingerprint density at radius 1 is 1.08 bits per heavy atom. The zero-order chi connectivity index (χ0) is 27.3. The Morgan fingerprint density at radius 3 is 2.42 bits per heavy atom. The summed E-state index contributed by atoms with van der Waals surface area (Å²) in [5, 5.41) is 23.6. The van der Waals surface area contributed by atoms with Gasteiger partial charge in [0.25, 0.3) is 17.7 Å². The van der Waals surface area contributed by atoms with E-state index < -0.39 is 63.2 Å². The molecule has 0 bridgehead atoms. The minimum absolute atomic E-state index is 0.0117. The molecule has 1 aromatic heterocycles. The van der Waals surface area contributed by atoms with E-state index in [1.165, 1.54) is 27.7 Å². The van der Waals surface area contributed by atoms with Crippen molar-refractivity contribution in [1.82, 2.24) is 40.6 Å². The monoisotopic (exact) mass is 600 g/mol. The second-order valence-corrected chi connectivity index (χ2v) is 11.8. The van der Waals surface area contributed by atoms with Crippen molar-refractivity contribution in [2.75, 3.05) is 23.0 Å². The number of thiol groups is 2. The van der Waals surface area contributed by atoms with E-state index in [0.29, 0.717) is 11.3 Å². The number of carboxylic acids is 1. The fourth-order valence-corrected chi connectivity index (χ4v) is 8.48. The fraction of sp³-hybridized carbons (Fsp3) is 0.474. The van der Waals surface area contributed by atoms with E-state index in [0.717, 1.165) is 4.90 Å². The number of thioether (sulfide) groups is 1. The molecule has 0 aromatic carbocycles. The normalized spacial score (nSPS) is 28.3. The second kappa shape index (κ2) is 10.3. The molecule has 2 fully saturated rings. The van der Waals surface area contributed by atoms with Gasteiger partial charge in [0.2, 0.25) is 5.91 Å². The molecule has 0 radical (unpaired) electrons. The number of carbonyl (C=O) groups is 5. The summed E-state index contributed by atoms with van der Waals surface area (Å²) in [4.78, 5) is 65.6. The van der Waals surface area contributed by atoms with Gasteiger partial charge in [-0.1, -0.05) is 0 Å². The van der Waals surface area contributed by atoms with Gasteiger partial charge in [-0.2, -0.15) is 25.3 Å². The van der Waals surface area contributed by atoms with Crippen LogP contribution in [0.15, 0.2) is 28.9 Å². The van der Waals surface area contributed by atoms with Gasteiger partial charge in [0.05, 0.1) is 16.6 Å². The van der Waals surface area contributed by atoms with Gasteiger partial charge in [-0.25, -0.2) is 9.48 Å². The summed E-state index contributed by atoms with van der Waals surface area (Å²) in [5.41, 5.74) is 0.538. The van der Waals surface area contributed by atoms with Crippen LogP contribution in [0.5, 0.6) is 0 Å². The first-order valence-electron chi connectivity index (χ1n) is 11.0. The number of nitrogens with one attached hydrogen (secondary N) is 2. The van der Waals surface area contributed by atoms with Crippen LogP contribution in [0, 0.1) is 0 Å².